The Labute approximate surface area is 121 Å². The Kier molecular flexibility index (Phi) is 2.75. The van der Waals surface area contributed by atoms with Crippen LogP contribution >= 0.6 is 0 Å². The van der Waals surface area contributed by atoms with Crippen LogP contribution in [-0.4, -0.2) is 29.6 Å². The Morgan fingerprint density at radius 2 is 2.05 bits per heavy atom. The molecule has 0 radical (unpaired) electrons. The fraction of sp³-hybridized carbons (Fsp3) is 0.533. The highest BCUT2D eigenvalue weighted by atomic mass is 16.6. The van der Waals surface area contributed by atoms with E-state index in [-0.39, 0.29) is 11.6 Å². The van der Waals surface area contributed by atoms with Crippen LogP contribution in [0, 0.1) is 27.9 Å². The number of rotatable bonds is 4. The van der Waals surface area contributed by atoms with Crippen molar-refractivity contribution in [3.63, 3.8) is 0 Å². The van der Waals surface area contributed by atoms with Gasteiger partial charge in [0.1, 0.15) is 0 Å². The first-order valence-electron chi connectivity index (χ1n) is 7.31. The normalized spacial score (nSPS) is 35.3. The molecule has 6 heteroatoms. The van der Waals surface area contributed by atoms with Gasteiger partial charge in [-0.2, -0.15) is 0 Å². The fourth-order valence-corrected chi connectivity index (χ4v) is 4.03. The molecule has 110 valence electrons. The quantitative estimate of drug-likeness (QED) is 0.519. The number of non-ortho nitro benzene ring substituents is 1. The van der Waals surface area contributed by atoms with Crippen molar-refractivity contribution in [2.45, 2.75) is 25.0 Å². The highest BCUT2D eigenvalue weighted by Crippen LogP contribution is 2.58. The Bertz CT molecular complexity index is 600. The van der Waals surface area contributed by atoms with Crippen LogP contribution in [0.2, 0.25) is 0 Å². The van der Waals surface area contributed by atoms with Crippen LogP contribution < -0.4 is 5.32 Å². The molecule has 2 aliphatic carbocycles. The summed E-state index contributed by atoms with van der Waals surface area (Å²) in [5, 5.41) is 13.5. The van der Waals surface area contributed by atoms with Crippen molar-refractivity contribution >= 4 is 11.6 Å². The van der Waals surface area contributed by atoms with Gasteiger partial charge in [-0.3, -0.25) is 14.9 Å². The molecule has 3 fully saturated rings. The van der Waals surface area contributed by atoms with Gasteiger partial charge < -0.3 is 10.1 Å². The second-order valence-electron chi connectivity index (χ2n) is 6.23. The summed E-state index contributed by atoms with van der Waals surface area (Å²) in [5.41, 5.74) is 0.459. The van der Waals surface area contributed by atoms with Crippen LogP contribution in [0.25, 0.3) is 0 Å². The van der Waals surface area contributed by atoms with Crippen molar-refractivity contribution in [2.75, 3.05) is 6.54 Å². The molecule has 6 nitrogen and oxygen atoms in total. The van der Waals surface area contributed by atoms with Gasteiger partial charge in [0.25, 0.3) is 11.6 Å². The molecule has 21 heavy (non-hydrogen) atoms. The van der Waals surface area contributed by atoms with E-state index in [1.807, 2.05) is 0 Å². The van der Waals surface area contributed by atoms with E-state index in [1.54, 1.807) is 0 Å². The Morgan fingerprint density at radius 1 is 1.29 bits per heavy atom. The van der Waals surface area contributed by atoms with E-state index in [0.717, 1.165) is 6.42 Å². The highest BCUT2D eigenvalue weighted by Gasteiger charge is 2.62. The second kappa shape index (κ2) is 4.53. The van der Waals surface area contributed by atoms with Crippen molar-refractivity contribution < 1.29 is 14.5 Å². The number of carbonyl (C=O) groups excluding carboxylic acids is 1. The maximum atomic E-state index is 12.1. The number of fused-ring (bicyclic) bond motifs is 5. The molecule has 1 heterocycles. The van der Waals surface area contributed by atoms with Gasteiger partial charge in [-0.25, -0.2) is 0 Å². The smallest absolute Gasteiger partial charge is 0.269 e. The van der Waals surface area contributed by atoms with Gasteiger partial charge in [0.05, 0.1) is 17.1 Å². The first-order valence-corrected chi connectivity index (χ1v) is 7.31. The number of benzene rings is 1. The standard InChI is InChI=1S/C15H16N2O4/c18-15(8-1-3-11(4-2-8)17(19)20)16-7-10-5-9-6-12(10)14-13(9)21-14/h1-4,9-10,12-14H,5-7H2,(H,16,18)/t9-,10-,12+,13-,14-/m0/s1. The number of nitrogens with zero attached hydrogens (tertiary/aromatic N) is 1. The first kappa shape index (κ1) is 12.8. The number of amides is 1. The highest BCUT2D eigenvalue weighted by molar-refractivity contribution is 5.94. The summed E-state index contributed by atoms with van der Waals surface area (Å²) < 4.78 is 5.62. The van der Waals surface area contributed by atoms with Crippen LogP contribution in [0.1, 0.15) is 23.2 Å². The zero-order valence-corrected chi connectivity index (χ0v) is 11.4. The molecule has 1 amide bonds. The van der Waals surface area contributed by atoms with E-state index in [9.17, 15) is 14.9 Å². The van der Waals surface area contributed by atoms with Crippen LogP contribution in [0.4, 0.5) is 5.69 Å². The third-order valence-corrected chi connectivity index (χ3v) is 5.10. The number of hydrogen-bond acceptors (Lipinski definition) is 4. The average molecular weight is 288 g/mol. The van der Waals surface area contributed by atoms with Gasteiger partial charge in [0.15, 0.2) is 0 Å². The third-order valence-electron chi connectivity index (χ3n) is 5.10. The predicted octanol–water partition coefficient (Wildman–Crippen LogP) is 1.75. The monoisotopic (exact) mass is 288 g/mol. The summed E-state index contributed by atoms with van der Waals surface area (Å²) in [7, 11) is 0. The second-order valence-corrected chi connectivity index (χ2v) is 6.23. The molecule has 0 aromatic heterocycles. The molecule has 2 saturated carbocycles. The van der Waals surface area contributed by atoms with E-state index in [1.165, 1.54) is 30.7 Å². The Balaban J connectivity index is 1.34. The van der Waals surface area contributed by atoms with E-state index in [4.69, 9.17) is 4.74 Å². The summed E-state index contributed by atoms with van der Waals surface area (Å²) in [6.45, 7) is 0.670. The maximum absolute atomic E-state index is 12.1. The minimum atomic E-state index is -0.469. The lowest BCUT2D eigenvalue weighted by atomic mass is 9.89. The van der Waals surface area contributed by atoms with E-state index >= 15 is 0 Å². The first-order chi connectivity index (χ1) is 10.1. The van der Waals surface area contributed by atoms with Gasteiger partial charge in [-0.1, -0.05) is 0 Å². The van der Waals surface area contributed by atoms with Crippen molar-refractivity contribution in [2.24, 2.45) is 17.8 Å². The zero-order valence-electron chi connectivity index (χ0n) is 11.4. The van der Waals surface area contributed by atoms with Gasteiger partial charge in [0.2, 0.25) is 0 Å². The number of nitrogens with one attached hydrogen (secondary N) is 1. The Morgan fingerprint density at radius 3 is 2.67 bits per heavy atom. The molecular weight excluding hydrogens is 272 g/mol. The van der Waals surface area contributed by atoms with Crippen LogP contribution in [0.5, 0.6) is 0 Å². The van der Waals surface area contributed by atoms with Gasteiger partial charge in [0, 0.05) is 24.2 Å². The largest absolute Gasteiger partial charge is 0.369 e. The number of nitro groups is 1. The molecule has 1 N–H and O–H groups in total. The summed E-state index contributed by atoms with van der Waals surface area (Å²) in [5.74, 6) is 1.65. The van der Waals surface area contributed by atoms with Crippen LogP contribution in [-0.2, 0) is 4.74 Å². The predicted molar refractivity (Wildman–Crippen MR) is 73.8 cm³/mol. The third kappa shape index (κ3) is 2.10. The lowest BCUT2D eigenvalue weighted by molar-refractivity contribution is -0.384. The average Bonchev–Trinajstić information content (AvgIpc) is 3.10. The van der Waals surface area contributed by atoms with Crippen molar-refractivity contribution in [3.05, 3.63) is 39.9 Å². The molecule has 5 atom stereocenters. The number of nitro benzene ring substituents is 1. The van der Waals surface area contributed by atoms with Gasteiger partial charge in [-0.05, 0) is 42.7 Å². The lowest BCUT2D eigenvalue weighted by Crippen LogP contribution is -2.33. The molecule has 0 spiro atoms. The summed E-state index contributed by atoms with van der Waals surface area (Å²) >= 11 is 0. The van der Waals surface area contributed by atoms with E-state index < -0.39 is 4.92 Å². The topological polar surface area (TPSA) is 84.8 Å². The molecule has 1 aromatic carbocycles. The molecule has 1 aromatic rings. The molecule has 4 rings (SSSR count). The van der Waals surface area contributed by atoms with Gasteiger partial charge >= 0.3 is 0 Å². The SMILES string of the molecule is O=C(NC[C@@H]1C[C@H]2C[C@H]1[C@@H]1O[C@@H]21)c1ccc([N+](=O)[O-])cc1. The number of carbonyl (C=O) groups is 1. The fourth-order valence-electron chi connectivity index (χ4n) is 4.03. The van der Waals surface area contributed by atoms with Gasteiger partial charge in [-0.15, -0.1) is 0 Å². The van der Waals surface area contributed by atoms with Crippen molar-refractivity contribution in [3.8, 4) is 0 Å². The molecule has 0 unspecified atom stereocenters. The van der Waals surface area contributed by atoms with E-state index in [0.29, 0.717) is 42.1 Å². The minimum absolute atomic E-state index is 0.00317. The van der Waals surface area contributed by atoms with Crippen LogP contribution in [0.15, 0.2) is 24.3 Å². The molecule has 3 aliphatic rings. The number of ether oxygens (including phenoxy) is 1. The molecule has 1 saturated heterocycles. The Hall–Kier alpha value is -1.95. The zero-order chi connectivity index (χ0) is 14.6. The summed E-state index contributed by atoms with van der Waals surface area (Å²) in [6.07, 6.45) is 3.35. The molecule has 2 bridgehead atoms. The minimum Gasteiger partial charge on any atom is -0.369 e. The molecule has 1 aliphatic heterocycles. The number of hydrogen-bond donors (Lipinski definition) is 1. The summed E-state index contributed by atoms with van der Waals surface area (Å²) in [4.78, 5) is 22.2. The van der Waals surface area contributed by atoms with Crippen LogP contribution in [0.3, 0.4) is 0 Å². The van der Waals surface area contributed by atoms with Crippen molar-refractivity contribution in [1.29, 1.82) is 0 Å². The summed E-state index contributed by atoms with van der Waals surface area (Å²) in [6, 6.07) is 5.70. The maximum Gasteiger partial charge on any atom is 0.269 e. The van der Waals surface area contributed by atoms with Crippen molar-refractivity contribution in [1.82, 2.24) is 5.32 Å². The lowest BCUT2D eigenvalue weighted by Gasteiger charge is -2.19. The molecular formula is C15H16N2O4. The number of epoxide rings is 1. The van der Waals surface area contributed by atoms with E-state index in [2.05, 4.69) is 5.32 Å².